The fraction of sp³-hybridized carbons (Fsp3) is 0.562. The Morgan fingerprint density at radius 2 is 2.00 bits per heavy atom. The summed E-state index contributed by atoms with van der Waals surface area (Å²) in [6.45, 7) is 2.00. The summed E-state index contributed by atoms with van der Waals surface area (Å²) in [6, 6.07) is 4.94. The van der Waals surface area contributed by atoms with Gasteiger partial charge in [0.2, 0.25) is 0 Å². The number of carbonyl (C=O) groups excluding carboxylic acids is 1. The van der Waals surface area contributed by atoms with Crippen molar-refractivity contribution in [1.82, 2.24) is 0 Å². The molecule has 0 spiro atoms. The highest BCUT2D eigenvalue weighted by atomic mass is 19.4. The molecule has 0 aliphatic heterocycles. The number of rotatable bonds is 3. The van der Waals surface area contributed by atoms with E-state index in [1.54, 1.807) is 0 Å². The van der Waals surface area contributed by atoms with Gasteiger partial charge in [-0.15, -0.1) is 0 Å². The Morgan fingerprint density at radius 1 is 1.33 bits per heavy atom. The first-order valence-corrected chi connectivity index (χ1v) is 7.06. The summed E-state index contributed by atoms with van der Waals surface area (Å²) in [5, 5.41) is 0. The molecule has 1 fully saturated rings. The molecule has 1 aliphatic carbocycles. The Balaban J connectivity index is 2.44. The number of ketones is 1. The van der Waals surface area contributed by atoms with E-state index in [0.717, 1.165) is 18.9 Å². The van der Waals surface area contributed by atoms with E-state index in [0.29, 0.717) is 12.8 Å². The second-order valence-electron chi connectivity index (χ2n) is 5.77. The number of hydrogen-bond donors (Lipinski definition) is 0. The highest BCUT2D eigenvalue weighted by Crippen LogP contribution is 2.40. The molecule has 0 N–H and O–H groups in total. The molecule has 1 aromatic rings. The molecular weight excluding hydrogens is 281 g/mol. The number of alkyl halides is 3. The van der Waals surface area contributed by atoms with Crippen LogP contribution >= 0.6 is 0 Å². The van der Waals surface area contributed by atoms with Gasteiger partial charge in [0, 0.05) is 12.7 Å². The largest absolute Gasteiger partial charge is 0.417 e. The van der Waals surface area contributed by atoms with Crippen LogP contribution in [0.3, 0.4) is 0 Å². The number of ether oxygens (including phenoxy) is 1. The number of carbonyl (C=O) groups is 1. The van der Waals surface area contributed by atoms with E-state index < -0.39 is 23.1 Å². The molecule has 0 radical (unpaired) electrons. The van der Waals surface area contributed by atoms with E-state index in [-0.39, 0.29) is 11.5 Å². The van der Waals surface area contributed by atoms with Gasteiger partial charge in [0.15, 0.2) is 5.78 Å². The van der Waals surface area contributed by atoms with Crippen molar-refractivity contribution in [3.8, 4) is 0 Å². The zero-order valence-corrected chi connectivity index (χ0v) is 12.2. The number of hydrogen-bond acceptors (Lipinski definition) is 2. The van der Waals surface area contributed by atoms with Gasteiger partial charge in [0.1, 0.15) is 5.60 Å². The first-order valence-electron chi connectivity index (χ1n) is 7.06. The van der Waals surface area contributed by atoms with Crippen LogP contribution in [0.1, 0.15) is 48.5 Å². The van der Waals surface area contributed by atoms with Gasteiger partial charge in [-0.3, -0.25) is 4.79 Å². The fourth-order valence-electron chi connectivity index (χ4n) is 3.16. The van der Waals surface area contributed by atoms with E-state index in [4.69, 9.17) is 4.74 Å². The first-order chi connectivity index (χ1) is 9.80. The zero-order valence-electron chi connectivity index (χ0n) is 12.2. The maximum Gasteiger partial charge on any atom is 0.417 e. The van der Waals surface area contributed by atoms with Gasteiger partial charge in [-0.25, -0.2) is 0 Å². The molecule has 2 unspecified atom stereocenters. The van der Waals surface area contributed by atoms with Gasteiger partial charge >= 0.3 is 6.18 Å². The van der Waals surface area contributed by atoms with Crippen LogP contribution in [0.15, 0.2) is 24.3 Å². The minimum atomic E-state index is -4.54. The lowest BCUT2D eigenvalue weighted by Crippen LogP contribution is -2.45. The van der Waals surface area contributed by atoms with Crippen molar-refractivity contribution in [2.45, 2.75) is 44.4 Å². The second kappa shape index (κ2) is 5.79. The number of halogens is 3. The van der Waals surface area contributed by atoms with E-state index in [9.17, 15) is 18.0 Å². The molecule has 5 heteroatoms. The average molecular weight is 300 g/mol. The van der Waals surface area contributed by atoms with Gasteiger partial charge in [-0.05, 0) is 31.2 Å². The van der Waals surface area contributed by atoms with Gasteiger partial charge in [-0.1, -0.05) is 31.5 Å². The maximum absolute atomic E-state index is 13.1. The van der Waals surface area contributed by atoms with Gasteiger partial charge in [-0.2, -0.15) is 13.2 Å². The molecule has 2 atom stereocenters. The van der Waals surface area contributed by atoms with Crippen LogP contribution in [0.2, 0.25) is 0 Å². The third-order valence-electron chi connectivity index (χ3n) is 4.24. The molecule has 0 amide bonds. The van der Waals surface area contributed by atoms with Crippen LogP contribution in [0.25, 0.3) is 0 Å². The lowest BCUT2D eigenvalue weighted by atomic mass is 9.74. The Morgan fingerprint density at radius 3 is 2.57 bits per heavy atom. The monoisotopic (exact) mass is 300 g/mol. The molecule has 1 aliphatic rings. The summed E-state index contributed by atoms with van der Waals surface area (Å²) in [6.07, 6.45) is -1.84. The van der Waals surface area contributed by atoms with Gasteiger partial charge in [0.25, 0.3) is 0 Å². The van der Waals surface area contributed by atoms with E-state index >= 15 is 0 Å². The molecule has 2 rings (SSSR count). The van der Waals surface area contributed by atoms with E-state index in [1.807, 2.05) is 6.92 Å². The standard InChI is InChI=1S/C16H19F3O2/c1-11-6-5-9-15(10-11,21-2)14(20)12-7-3-4-8-13(12)16(17,18)19/h3-4,7-8,11H,5-6,9-10H2,1-2H3. The van der Waals surface area contributed by atoms with E-state index in [1.165, 1.54) is 25.3 Å². The van der Waals surface area contributed by atoms with E-state index in [2.05, 4.69) is 0 Å². The van der Waals surface area contributed by atoms with Crippen LogP contribution < -0.4 is 0 Å². The van der Waals surface area contributed by atoms with Gasteiger partial charge in [0.05, 0.1) is 5.56 Å². The molecule has 21 heavy (non-hydrogen) atoms. The SMILES string of the molecule is COC1(C(=O)c2ccccc2C(F)(F)F)CCCC(C)C1. The van der Waals surface area contributed by atoms with Crippen molar-refractivity contribution in [3.05, 3.63) is 35.4 Å². The summed E-state index contributed by atoms with van der Waals surface area (Å²) in [7, 11) is 1.41. The van der Waals surface area contributed by atoms with Crippen molar-refractivity contribution < 1.29 is 22.7 Å². The third kappa shape index (κ3) is 3.12. The quantitative estimate of drug-likeness (QED) is 0.769. The highest BCUT2D eigenvalue weighted by molar-refractivity contribution is 6.04. The number of benzene rings is 1. The van der Waals surface area contributed by atoms with Crippen LogP contribution in [-0.2, 0) is 10.9 Å². The maximum atomic E-state index is 13.1. The van der Waals surface area contributed by atoms with Crippen LogP contribution in [0.5, 0.6) is 0 Å². The van der Waals surface area contributed by atoms with Crippen LogP contribution in [-0.4, -0.2) is 18.5 Å². The Hall–Kier alpha value is -1.36. The van der Waals surface area contributed by atoms with Crippen LogP contribution in [0, 0.1) is 5.92 Å². The zero-order chi connectivity index (χ0) is 15.7. The number of Topliss-reactive ketones (excluding diaryl/α,β-unsaturated/α-hetero) is 1. The Labute approximate surface area is 122 Å². The smallest absolute Gasteiger partial charge is 0.370 e. The first kappa shape index (κ1) is 16.0. The molecule has 116 valence electrons. The van der Waals surface area contributed by atoms with Crippen molar-refractivity contribution >= 4 is 5.78 Å². The molecule has 0 saturated heterocycles. The summed E-state index contributed by atoms with van der Waals surface area (Å²) in [5.41, 5.74) is -2.30. The predicted molar refractivity (Wildman–Crippen MR) is 73.1 cm³/mol. The molecule has 0 bridgehead atoms. The Bertz CT molecular complexity index is 524. The van der Waals surface area contributed by atoms with Crippen LogP contribution in [0.4, 0.5) is 13.2 Å². The van der Waals surface area contributed by atoms with Crippen molar-refractivity contribution in [3.63, 3.8) is 0 Å². The fourth-order valence-corrected chi connectivity index (χ4v) is 3.16. The molecule has 2 nitrogen and oxygen atoms in total. The van der Waals surface area contributed by atoms with Crippen molar-refractivity contribution in [1.29, 1.82) is 0 Å². The topological polar surface area (TPSA) is 26.3 Å². The summed E-state index contributed by atoms with van der Waals surface area (Å²) >= 11 is 0. The molecule has 1 aromatic carbocycles. The molecule has 0 aromatic heterocycles. The third-order valence-corrected chi connectivity index (χ3v) is 4.24. The minimum Gasteiger partial charge on any atom is -0.370 e. The van der Waals surface area contributed by atoms with Crippen molar-refractivity contribution in [2.24, 2.45) is 5.92 Å². The summed E-state index contributed by atoms with van der Waals surface area (Å²) < 4.78 is 44.7. The summed E-state index contributed by atoms with van der Waals surface area (Å²) in [5.74, 6) is -0.287. The molecule has 1 saturated carbocycles. The average Bonchev–Trinajstić information content (AvgIpc) is 2.45. The normalized spacial score (nSPS) is 26.6. The highest BCUT2D eigenvalue weighted by Gasteiger charge is 2.45. The predicted octanol–water partition coefficient (Wildman–Crippen LogP) is 4.48. The lowest BCUT2D eigenvalue weighted by Gasteiger charge is -2.38. The number of methoxy groups -OCH3 is 1. The van der Waals surface area contributed by atoms with Crippen molar-refractivity contribution in [2.75, 3.05) is 7.11 Å². The molecular formula is C16H19F3O2. The second-order valence-corrected chi connectivity index (χ2v) is 5.77. The Kier molecular flexibility index (Phi) is 4.42. The lowest BCUT2D eigenvalue weighted by molar-refractivity contribution is -0.138. The van der Waals surface area contributed by atoms with Gasteiger partial charge < -0.3 is 4.74 Å². The molecule has 0 heterocycles. The minimum absolute atomic E-state index is 0.265. The summed E-state index contributed by atoms with van der Waals surface area (Å²) in [4.78, 5) is 12.7.